The molecule has 0 radical (unpaired) electrons. The molecule has 2 fully saturated rings. The first-order valence-electron chi connectivity index (χ1n) is 12.5. The standard InChI is InChI=1S/C26H26ClF3N6O4/c1-40-25(39)31-17-6-7-19-18(12-17)22(33-24(32-19)26(28,29)30)36-13-20(21(37)14-36)34-8-10-35(11-9-34)23(38)15-2-4-16(27)5-3-15/h2-7,12,20-21,37H,8-11,13-14H2,1H3,(H,31,39). The zero-order valence-corrected chi connectivity index (χ0v) is 22.1. The van der Waals surface area contributed by atoms with Crippen molar-refractivity contribution in [1.82, 2.24) is 19.8 Å². The molecular formula is C26H26ClF3N6O4. The molecule has 0 spiro atoms. The summed E-state index contributed by atoms with van der Waals surface area (Å²) in [5.41, 5.74) is 0.865. The van der Waals surface area contributed by atoms with Gasteiger partial charge in [-0.1, -0.05) is 11.6 Å². The first-order valence-corrected chi connectivity index (χ1v) is 12.9. The maximum Gasteiger partial charge on any atom is 0.451 e. The van der Waals surface area contributed by atoms with E-state index in [0.29, 0.717) is 42.5 Å². The molecule has 2 amide bonds. The molecule has 212 valence electrons. The number of halogens is 4. The number of aliphatic hydroxyl groups is 1. The van der Waals surface area contributed by atoms with E-state index in [2.05, 4.69) is 20.0 Å². The van der Waals surface area contributed by atoms with Gasteiger partial charge in [0.25, 0.3) is 5.91 Å². The number of carbonyl (C=O) groups is 2. The fourth-order valence-corrected chi connectivity index (χ4v) is 5.19. The SMILES string of the molecule is COC(=O)Nc1ccc2nc(C(F)(F)F)nc(N3CC(O)C(N4CCN(C(=O)c5ccc(Cl)cc5)CC4)C3)c2c1. The van der Waals surface area contributed by atoms with Crippen molar-refractivity contribution in [3.05, 3.63) is 58.9 Å². The molecular weight excluding hydrogens is 553 g/mol. The number of aliphatic hydroxyl groups excluding tert-OH is 1. The van der Waals surface area contributed by atoms with Crippen LogP contribution in [0.4, 0.5) is 29.5 Å². The molecule has 2 unspecified atom stereocenters. The van der Waals surface area contributed by atoms with Gasteiger partial charge in [0.05, 0.1) is 24.8 Å². The van der Waals surface area contributed by atoms with E-state index in [1.54, 1.807) is 34.1 Å². The highest BCUT2D eigenvalue weighted by Crippen LogP contribution is 2.35. The zero-order chi connectivity index (χ0) is 28.6. The van der Waals surface area contributed by atoms with Crippen molar-refractivity contribution >= 4 is 46.0 Å². The number of β-amino-alcohol motifs (C(OH)–C–C–N with tert-alkyl or cyclic N) is 1. The molecule has 3 heterocycles. The van der Waals surface area contributed by atoms with Gasteiger partial charge in [-0.25, -0.2) is 14.8 Å². The van der Waals surface area contributed by atoms with E-state index in [1.807, 2.05) is 4.90 Å². The van der Waals surface area contributed by atoms with E-state index >= 15 is 0 Å². The van der Waals surface area contributed by atoms with Crippen LogP contribution in [0.3, 0.4) is 0 Å². The van der Waals surface area contributed by atoms with Crippen molar-refractivity contribution in [2.24, 2.45) is 0 Å². The van der Waals surface area contributed by atoms with Gasteiger partial charge in [-0.15, -0.1) is 0 Å². The number of benzene rings is 2. The van der Waals surface area contributed by atoms with Gasteiger partial charge in [0, 0.05) is 60.9 Å². The van der Waals surface area contributed by atoms with Crippen molar-refractivity contribution in [3.63, 3.8) is 0 Å². The van der Waals surface area contributed by atoms with Gasteiger partial charge in [0.1, 0.15) is 5.82 Å². The molecule has 2 atom stereocenters. The number of aromatic nitrogens is 2. The molecule has 2 N–H and O–H groups in total. The van der Waals surface area contributed by atoms with Crippen LogP contribution in [0.15, 0.2) is 42.5 Å². The first kappa shape index (κ1) is 27.9. The van der Waals surface area contributed by atoms with E-state index in [9.17, 15) is 27.9 Å². The lowest BCUT2D eigenvalue weighted by Crippen LogP contribution is -2.54. The summed E-state index contributed by atoms with van der Waals surface area (Å²) in [6.45, 7) is 2.10. The fraction of sp³-hybridized carbons (Fsp3) is 0.385. The van der Waals surface area contributed by atoms with Gasteiger partial charge in [0.15, 0.2) is 0 Å². The highest BCUT2D eigenvalue weighted by molar-refractivity contribution is 6.30. The summed E-state index contributed by atoms with van der Waals surface area (Å²) in [6, 6.07) is 10.5. The number of hydrogen-bond donors (Lipinski definition) is 2. The van der Waals surface area contributed by atoms with E-state index in [1.165, 1.54) is 25.3 Å². The van der Waals surface area contributed by atoms with Crippen molar-refractivity contribution in [3.8, 4) is 0 Å². The van der Waals surface area contributed by atoms with Crippen LogP contribution >= 0.6 is 11.6 Å². The minimum atomic E-state index is -4.78. The first-order chi connectivity index (χ1) is 19.0. The number of rotatable bonds is 4. The number of carbonyl (C=O) groups excluding carboxylic acids is 2. The number of fused-ring (bicyclic) bond motifs is 1. The molecule has 3 aromatic rings. The lowest BCUT2D eigenvalue weighted by Gasteiger charge is -2.38. The lowest BCUT2D eigenvalue weighted by atomic mass is 10.1. The predicted molar refractivity (Wildman–Crippen MR) is 142 cm³/mol. The molecule has 2 aromatic carbocycles. The smallest absolute Gasteiger partial charge is 0.451 e. The molecule has 0 bridgehead atoms. The Balaban J connectivity index is 1.35. The molecule has 2 aliphatic heterocycles. The van der Waals surface area contributed by atoms with Crippen LogP contribution < -0.4 is 10.2 Å². The van der Waals surface area contributed by atoms with E-state index in [4.69, 9.17) is 11.6 Å². The molecule has 10 nitrogen and oxygen atoms in total. The topological polar surface area (TPSA) is 111 Å². The van der Waals surface area contributed by atoms with E-state index in [-0.39, 0.29) is 41.8 Å². The fourth-order valence-electron chi connectivity index (χ4n) is 5.06. The normalized spacial score (nSPS) is 20.1. The van der Waals surface area contributed by atoms with E-state index < -0.39 is 24.2 Å². The Labute approximate surface area is 232 Å². The summed E-state index contributed by atoms with van der Waals surface area (Å²) in [4.78, 5) is 37.4. The summed E-state index contributed by atoms with van der Waals surface area (Å²) in [5.74, 6) is -1.41. The predicted octanol–water partition coefficient (Wildman–Crippen LogP) is 3.49. The highest BCUT2D eigenvalue weighted by atomic mass is 35.5. The average molecular weight is 579 g/mol. The lowest BCUT2D eigenvalue weighted by molar-refractivity contribution is -0.144. The maximum absolute atomic E-state index is 13.7. The van der Waals surface area contributed by atoms with Crippen LogP contribution in [0.1, 0.15) is 16.2 Å². The maximum atomic E-state index is 13.7. The van der Waals surface area contributed by atoms with Gasteiger partial charge in [0.2, 0.25) is 5.82 Å². The minimum absolute atomic E-state index is 0.00365. The third-order valence-corrected chi connectivity index (χ3v) is 7.33. The highest BCUT2D eigenvalue weighted by Gasteiger charge is 2.40. The number of alkyl halides is 3. The third kappa shape index (κ3) is 5.76. The number of ether oxygens (including phenoxy) is 1. The number of amides is 2. The Bertz CT molecular complexity index is 1420. The van der Waals surface area contributed by atoms with Gasteiger partial charge in [-0.2, -0.15) is 13.2 Å². The summed E-state index contributed by atoms with van der Waals surface area (Å²) in [7, 11) is 1.19. The van der Waals surface area contributed by atoms with Crippen LogP contribution in [0.5, 0.6) is 0 Å². The molecule has 40 heavy (non-hydrogen) atoms. The number of piperazine rings is 1. The Hall–Kier alpha value is -3.68. The molecule has 14 heteroatoms. The summed E-state index contributed by atoms with van der Waals surface area (Å²) in [6.07, 6.45) is -6.38. The third-order valence-electron chi connectivity index (χ3n) is 7.08. The van der Waals surface area contributed by atoms with Crippen molar-refractivity contribution in [2.75, 3.05) is 56.6 Å². The van der Waals surface area contributed by atoms with Crippen LogP contribution in [0, 0.1) is 0 Å². The van der Waals surface area contributed by atoms with Gasteiger partial charge >= 0.3 is 12.3 Å². The van der Waals surface area contributed by atoms with Crippen LogP contribution in [0.2, 0.25) is 5.02 Å². The summed E-state index contributed by atoms with van der Waals surface area (Å²) in [5, 5.41) is 14.3. The van der Waals surface area contributed by atoms with Crippen LogP contribution in [-0.4, -0.2) is 95.4 Å². The quantitative estimate of drug-likeness (QED) is 0.484. The van der Waals surface area contributed by atoms with Crippen LogP contribution in [0.25, 0.3) is 10.9 Å². The number of nitrogens with zero attached hydrogens (tertiary/aromatic N) is 5. The second kappa shape index (κ2) is 11.1. The van der Waals surface area contributed by atoms with Crippen LogP contribution in [-0.2, 0) is 10.9 Å². The number of hydrogen-bond acceptors (Lipinski definition) is 8. The Kier molecular flexibility index (Phi) is 7.71. The van der Waals surface area contributed by atoms with Crippen molar-refractivity contribution < 1.29 is 32.6 Å². The Morgan fingerprint density at radius 3 is 2.40 bits per heavy atom. The molecule has 5 rings (SSSR count). The number of anilines is 2. The second-order valence-corrected chi connectivity index (χ2v) is 10.0. The van der Waals surface area contributed by atoms with Gasteiger partial charge < -0.3 is 19.6 Å². The largest absolute Gasteiger partial charge is 0.453 e. The van der Waals surface area contributed by atoms with E-state index in [0.717, 1.165) is 0 Å². The molecule has 0 aliphatic carbocycles. The minimum Gasteiger partial charge on any atom is -0.453 e. The molecule has 0 saturated carbocycles. The summed E-state index contributed by atoms with van der Waals surface area (Å²) < 4.78 is 45.6. The summed E-state index contributed by atoms with van der Waals surface area (Å²) >= 11 is 5.92. The van der Waals surface area contributed by atoms with Gasteiger partial charge in [-0.3, -0.25) is 15.0 Å². The van der Waals surface area contributed by atoms with Crippen molar-refractivity contribution in [1.29, 1.82) is 0 Å². The van der Waals surface area contributed by atoms with Gasteiger partial charge in [-0.05, 0) is 42.5 Å². The Morgan fingerprint density at radius 2 is 1.75 bits per heavy atom. The average Bonchev–Trinajstić information content (AvgIpc) is 3.33. The Morgan fingerprint density at radius 1 is 1.05 bits per heavy atom. The molecule has 2 saturated heterocycles. The zero-order valence-electron chi connectivity index (χ0n) is 21.4. The molecule has 2 aliphatic rings. The number of methoxy groups -OCH3 is 1. The molecule has 1 aromatic heterocycles. The second-order valence-electron chi connectivity index (χ2n) is 9.59. The monoisotopic (exact) mass is 578 g/mol. The van der Waals surface area contributed by atoms with Crippen molar-refractivity contribution in [2.45, 2.75) is 18.3 Å². The number of nitrogens with one attached hydrogen (secondary N) is 1.